The van der Waals surface area contributed by atoms with Crippen LogP contribution in [-0.4, -0.2) is 0 Å². The van der Waals surface area contributed by atoms with Gasteiger partial charge < -0.3 is 4.42 Å². The topological polar surface area (TPSA) is 13.1 Å². The smallest absolute Gasteiger partial charge is 0.143 e. The van der Waals surface area contributed by atoms with Crippen molar-refractivity contribution in [2.75, 3.05) is 0 Å². The Morgan fingerprint density at radius 1 is 0.367 bits per heavy atom. The molecule has 0 saturated carbocycles. The van der Waals surface area contributed by atoms with Gasteiger partial charge in [-0.25, -0.2) is 0 Å². The SMILES string of the molecule is [2H]c1c([2H])c([2H])c(-c2ccc3oc(-c4c([2H])c([2H])c5c(c4[2H])c([2H])c([2H])c4c([2H])c([2H])c([2H])c([2H])c45)c(-c4c5c([2H])c([2H])c([2H])c([2H])c5c(-c5ccccc5)c5c([2H])c([2H])c([2H])c([2H])c45)c3c2)c([2H])c1[2H]. The van der Waals surface area contributed by atoms with E-state index in [1.54, 1.807) is 30.3 Å². The summed E-state index contributed by atoms with van der Waals surface area (Å²) < 4.78 is 205. The van der Waals surface area contributed by atoms with Gasteiger partial charge >= 0.3 is 0 Å². The molecule has 10 aromatic rings. The summed E-state index contributed by atoms with van der Waals surface area (Å²) in [6.07, 6.45) is 0. The molecule has 0 aliphatic carbocycles. The van der Waals surface area contributed by atoms with Crippen LogP contribution in [0.25, 0.3) is 98.8 Å². The lowest BCUT2D eigenvalue weighted by atomic mass is 9.84. The monoisotopic (exact) mass is 644 g/mol. The van der Waals surface area contributed by atoms with E-state index in [2.05, 4.69) is 0 Å². The Morgan fingerprint density at radius 2 is 0.980 bits per heavy atom. The van der Waals surface area contributed by atoms with Crippen molar-refractivity contribution < 1.29 is 34.6 Å². The summed E-state index contributed by atoms with van der Waals surface area (Å²) in [5.41, 5.74) is -1.39. The highest BCUT2D eigenvalue weighted by molar-refractivity contribution is 6.25. The standard InChI is InChI=1S/C48H30O/c1-3-13-31(14-4-1)34-26-28-44-43(30-34)47(48(49-44)36-25-27-38-35(29-36)24-23-32-15-7-8-18-37(32)38)46-41-21-11-9-19-39(41)45(33-16-5-2-6-17-33)40-20-10-12-22-42(40)46/h1-30H/i1D,3D,4D,7D,8D,9D,10D,11D,12D,13D,14D,15D,18D,19D,20D,21D,22D,23D,24D,25D,27D,29D. The Labute approximate surface area is 315 Å². The number of hydrogen-bond donors (Lipinski definition) is 0. The van der Waals surface area contributed by atoms with Gasteiger partial charge in [0.1, 0.15) is 11.3 Å². The fourth-order valence-electron chi connectivity index (χ4n) is 6.36. The summed E-state index contributed by atoms with van der Waals surface area (Å²) in [5, 5.41) is -2.96. The number of furan rings is 1. The number of fused-ring (bicyclic) bond motifs is 6. The largest absolute Gasteiger partial charge is 0.455 e. The van der Waals surface area contributed by atoms with E-state index in [9.17, 15) is 11.0 Å². The minimum atomic E-state index is -0.821. The van der Waals surface area contributed by atoms with Crippen LogP contribution in [0.3, 0.4) is 0 Å². The summed E-state index contributed by atoms with van der Waals surface area (Å²) in [6, 6.07) is -3.46. The summed E-state index contributed by atoms with van der Waals surface area (Å²) in [7, 11) is 0. The Bertz CT molecular complexity index is 4020. The molecule has 10 rings (SSSR count). The van der Waals surface area contributed by atoms with Crippen molar-refractivity contribution in [2.24, 2.45) is 0 Å². The highest BCUT2D eigenvalue weighted by atomic mass is 16.3. The maximum absolute atomic E-state index is 9.82. The third kappa shape index (κ3) is 4.40. The summed E-state index contributed by atoms with van der Waals surface area (Å²) in [5.74, 6) is -0.528. The van der Waals surface area contributed by atoms with Crippen LogP contribution in [0.1, 0.15) is 30.2 Å². The van der Waals surface area contributed by atoms with Crippen LogP contribution < -0.4 is 0 Å². The van der Waals surface area contributed by atoms with E-state index >= 15 is 0 Å². The maximum atomic E-state index is 9.82. The van der Waals surface area contributed by atoms with Gasteiger partial charge in [-0.3, -0.25) is 0 Å². The van der Waals surface area contributed by atoms with E-state index < -0.39 is 166 Å². The second-order valence-electron chi connectivity index (χ2n) is 11.1. The molecule has 1 heteroatoms. The van der Waals surface area contributed by atoms with E-state index in [1.165, 1.54) is 18.2 Å². The Hall–Kier alpha value is -6.44. The number of hydrogen-bond acceptors (Lipinski definition) is 1. The fraction of sp³-hybridized carbons (Fsp3) is 0. The molecule has 49 heavy (non-hydrogen) atoms. The molecular weight excluding hydrogens is 593 g/mol. The first-order chi connectivity index (χ1) is 33.5. The minimum absolute atomic E-state index is 0.00714. The number of benzene rings is 9. The van der Waals surface area contributed by atoms with Gasteiger partial charge in [0.25, 0.3) is 0 Å². The summed E-state index contributed by atoms with van der Waals surface area (Å²) in [4.78, 5) is 0. The highest BCUT2D eigenvalue weighted by Crippen LogP contribution is 2.50. The van der Waals surface area contributed by atoms with Gasteiger partial charge in [-0.05, 0) is 83.5 Å². The minimum Gasteiger partial charge on any atom is -0.455 e. The van der Waals surface area contributed by atoms with Crippen LogP contribution in [0.4, 0.5) is 0 Å². The third-order valence-electron chi connectivity index (χ3n) is 8.45. The molecule has 0 aliphatic rings. The zero-order chi connectivity index (χ0) is 51.5. The van der Waals surface area contributed by atoms with Crippen LogP contribution in [0.2, 0.25) is 0 Å². The maximum Gasteiger partial charge on any atom is 0.143 e. The average molecular weight is 645 g/mol. The Balaban J connectivity index is 1.52. The Morgan fingerprint density at radius 3 is 1.71 bits per heavy atom. The Kier molecular flexibility index (Phi) is 3.07. The fourth-order valence-corrected chi connectivity index (χ4v) is 6.36. The summed E-state index contributed by atoms with van der Waals surface area (Å²) in [6.45, 7) is 0. The third-order valence-corrected chi connectivity index (χ3v) is 8.45. The second-order valence-corrected chi connectivity index (χ2v) is 11.1. The lowest BCUT2D eigenvalue weighted by Gasteiger charge is -2.18. The molecule has 0 unspecified atom stereocenters. The van der Waals surface area contributed by atoms with Crippen molar-refractivity contribution >= 4 is 54.1 Å². The van der Waals surface area contributed by atoms with Crippen molar-refractivity contribution in [3.63, 3.8) is 0 Å². The van der Waals surface area contributed by atoms with Gasteiger partial charge in [-0.1, -0.05) is 163 Å². The first kappa shape index (κ1) is 13.6. The van der Waals surface area contributed by atoms with Crippen LogP contribution in [-0.2, 0) is 0 Å². The molecular formula is C48H30O. The predicted octanol–water partition coefficient (Wildman–Crippen LogP) is 13.7. The van der Waals surface area contributed by atoms with Gasteiger partial charge in [0.05, 0.1) is 30.2 Å². The lowest BCUT2D eigenvalue weighted by Crippen LogP contribution is -1.91. The molecule has 0 N–H and O–H groups in total. The van der Waals surface area contributed by atoms with Crippen molar-refractivity contribution in [3.8, 4) is 44.7 Å². The molecule has 0 saturated heterocycles. The van der Waals surface area contributed by atoms with Crippen LogP contribution in [0.15, 0.2) is 186 Å². The van der Waals surface area contributed by atoms with Gasteiger partial charge in [-0.15, -0.1) is 0 Å². The van der Waals surface area contributed by atoms with Gasteiger partial charge in [-0.2, -0.15) is 0 Å². The molecule has 0 amide bonds. The quantitative estimate of drug-likeness (QED) is 0.137. The van der Waals surface area contributed by atoms with Crippen molar-refractivity contribution in [1.82, 2.24) is 0 Å². The molecule has 0 spiro atoms. The van der Waals surface area contributed by atoms with E-state index in [0.717, 1.165) is 0 Å². The van der Waals surface area contributed by atoms with Gasteiger partial charge in [0.15, 0.2) is 0 Å². The number of rotatable bonds is 4. The van der Waals surface area contributed by atoms with Crippen LogP contribution in [0.5, 0.6) is 0 Å². The summed E-state index contributed by atoms with van der Waals surface area (Å²) >= 11 is 0. The van der Waals surface area contributed by atoms with Crippen molar-refractivity contribution in [2.45, 2.75) is 0 Å². The molecule has 0 fully saturated rings. The molecule has 1 heterocycles. The zero-order valence-corrected chi connectivity index (χ0v) is 25.0. The van der Waals surface area contributed by atoms with Crippen molar-refractivity contribution in [1.29, 1.82) is 0 Å². The van der Waals surface area contributed by atoms with Gasteiger partial charge in [0, 0.05) is 22.1 Å². The predicted molar refractivity (Wildman–Crippen MR) is 208 cm³/mol. The molecule has 228 valence electrons. The van der Waals surface area contributed by atoms with E-state index in [0.29, 0.717) is 5.56 Å². The van der Waals surface area contributed by atoms with Crippen LogP contribution >= 0.6 is 0 Å². The van der Waals surface area contributed by atoms with E-state index in [4.69, 9.17) is 23.6 Å². The van der Waals surface area contributed by atoms with Gasteiger partial charge in [0.2, 0.25) is 0 Å². The lowest BCUT2D eigenvalue weighted by molar-refractivity contribution is 0.632. The van der Waals surface area contributed by atoms with Crippen molar-refractivity contribution in [3.05, 3.63) is 181 Å². The van der Waals surface area contributed by atoms with E-state index in [-0.39, 0.29) is 60.3 Å². The first-order valence-corrected chi connectivity index (χ1v) is 15.1. The molecule has 1 nitrogen and oxygen atoms in total. The molecule has 0 radical (unpaired) electrons. The second kappa shape index (κ2) is 11.1. The zero-order valence-electron chi connectivity index (χ0n) is 47.0. The average Bonchev–Trinajstić information content (AvgIpc) is 3.72. The van der Waals surface area contributed by atoms with Crippen LogP contribution in [0, 0.1) is 0 Å². The first-order valence-electron chi connectivity index (χ1n) is 26.1. The molecule has 1 aromatic heterocycles. The molecule has 0 bridgehead atoms. The highest BCUT2D eigenvalue weighted by Gasteiger charge is 2.24. The molecule has 9 aromatic carbocycles. The van der Waals surface area contributed by atoms with E-state index in [1.807, 2.05) is 0 Å². The normalized spacial score (nSPS) is 18.0. The molecule has 0 atom stereocenters. The molecule has 0 aliphatic heterocycles.